The van der Waals surface area contributed by atoms with Gasteiger partial charge in [-0.25, -0.2) is 0 Å². The first-order chi connectivity index (χ1) is 9.04. The summed E-state index contributed by atoms with van der Waals surface area (Å²) in [5, 5.41) is 10.4. The van der Waals surface area contributed by atoms with Crippen LogP contribution >= 0.6 is 22.6 Å². The van der Waals surface area contributed by atoms with E-state index in [4.69, 9.17) is 5.73 Å². The molecule has 1 aromatic carbocycles. The van der Waals surface area contributed by atoms with Crippen LogP contribution in [-0.4, -0.2) is 17.3 Å². The molecule has 3 N–H and O–H groups in total. The number of halogens is 1. The fourth-order valence-corrected chi connectivity index (χ4v) is 2.87. The summed E-state index contributed by atoms with van der Waals surface area (Å²) in [6, 6.07) is 8.50. The standard InChI is InChI=1S/C16H24INO/c1-3-16(19,4-2)12-15(17)14-9-5-7-13(11-14)8-6-10-18/h5,7,9,11-12,19H,3-4,6,8,10,18H2,1-2H3. The molecular weight excluding hydrogens is 349 g/mol. The molecule has 106 valence electrons. The van der Waals surface area contributed by atoms with E-state index in [1.165, 1.54) is 11.1 Å². The summed E-state index contributed by atoms with van der Waals surface area (Å²) in [4.78, 5) is 0. The highest BCUT2D eigenvalue weighted by Crippen LogP contribution is 2.28. The Morgan fingerprint density at radius 1 is 1.37 bits per heavy atom. The maximum atomic E-state index is 10.4. The second-order valence-electron chi connectivity index (χ2n) is 4.90. The van der Waals surface area contributed by atoms with Crippen molar-refractivity contribution in [1.29, 1.82) is 0 Å². The Kier molecular flexibility index (Phi) is 7.04. The first kappa shape index (κ1) is 16.7. The molecule has 0 aliphatic rings. The van der Waals surface area contributed by atoms with Crippen molar-refractivity contribution in [3.63, 3.8) is 0 Å². The molecule has 0 aromatic heterocycles. The number of hydrogen-bond acceptors (Lipinski definition) is 2. The molecule has 0 radical (unpaired) electrons. The van der Waals surface area contributed by atoms with Crippen LogP contribution in [0.25, 0.3) is 3.58 Å². The van der Waals surface area contributed by atoms with Gasteiger partial charge in [0.15, 0.2) is 0 Å². The van der Waals surface area contributed by atoms with E-state index in [1.54, 1.807) is 0 Å². The van der Waals surface area contributed by atoms with Gasteiger partial charge in [-0.3, -0.25) is 0 Å². The molecule has 1 aromatic rings. The predicted molar refractivity (Wildman–Crippen MR) is 91.3 cm³/mol. The van der Waals surface area contributed by atoms with Crippen molar-refractivity contribution in [3.05, 3.63) is 41.5 Å². The third-order valence-corrected chi connectivity index (χ3v) is 4.43. The number of aliphatic hydroxyl groups is 1. The van der Waals surface area contributed by atoms with Crippen LogP contribution in [0.1, 0.15) is 44.2 Å². The summed E-state index contributed by atoms with van der Waals surface area (Å²) in [7, 11) is 0. The SMILES string of the molecule is CCC(O)(C=C(I)c1cccc(CCCN)c1)CC. The Bertz CT molecular complexity index is 425. The van der Waals surface area contributed by atoms with Crippen LogP contribution in [0.4, 0.5) is 0 Å². The number of benzene rings is 1. The average Bonchev–Trinajstić information content (AvgIpc) is 2.45. The van der Waals surface area contributed by atoms with Crippen molar-refractivity contribution in [2.75, 3.05) is 6.54 Å². The molecule has 0 saturated carbocycles. The maximum Gasteiger partial charge on any atom is 0.0835 e. The van der Waals surface area contributed by atoms with Crippen LogP contribution in [0.3, 0.4) is 0 Å². The summed E-state index contributed by atoms with van der Waals surface area (Å²) >= 11 is 2.31. The first-order valence-corrected chi connectivity index (χ1v) is 8.02. The number of rotatable bonds is 7. The molecule has 0 fully saturated rings. The minimum atomic E-state index is -0.691. The van der Waals surface area contributed by atoms with E-state index in [2.05, 4.69) is 46.9 Å². The van der Waals surface area contributed by atoms with Crippen molar-refractivity contribution in [2.24, 2.45) is 5.73 Å². The second-order valence-corrected chi connectivity index (χ2v) is 6.06. The minimum Gasteiger partial charge on any atom is -0.386 e. The van der Waals surface area contributed by atoms with Gasteiger partial charge in [0.25, 0.3) is 0 Å². The lowest BCUT2D eigenvalue weighted by molar-refractivity contribution is 0.0836. The van der Waals surface area contributed by atoms with E-state index in [-0.39, 0.29) is 0 Å². The van der Waals surface area contributed by atoms with Gasteiger partial charge in [0.2, 0.25) is 0 Å². The molecule has 0 aliphatic carbocycles. The van der Waals surface area contributed by atoms with Gasteiger partial charge >= 0.3 is 0 Å². The Hall–Kier alpha value is -0.390. The molecule has 19 heavy (non-hydrogen) atoms. The third kappa shape index (κ3) is 5.24. The molecule has 0 heterocycles. The molecule has 0 amide bonds. The largest absolute Gasteiger partial charge is 0.386 e. The van der Waals surface area contributed by atoms with Crippen molar-refractivity contribution in [1.82, 2.24) is 0 Å². The zero-order valence-corrected chi connectivity index (χ0v) is 14.0. The van der Waals surface area contributed by atoms with E-state index in [1.807, 2.05) is 19.9 Å². The summed E-state index contributed by atoms with van der Waals surface area (Å²) in [5.41, 5.74) is 7.34. The lowest BCUT2D eigenvalue weighted by Gasteiger charge is -2.21. The molecule has 0 spiro atoms. The highest BCUT2D eigenvalue weighted by atomic mass is 127. The van der Waals surface area contributed by atoms with E-state index in [0.29, 0.717) is 0 Å². The fraction of sp³-hybridized carbons (Fsp3) is 0.500. The summed E-state index contributed by atoms with van der Waals surface area (Å²) in [6.07, 6.45) is 5.49. The van der Waals surface area contributed by atoms with Crippen LogP contribution in [0.2, 0.25) is 0 Å². The van der Waals surface area contributed by atoms with Gasteiger partial charge in [-0.2, -0.15) is 0 Å². The topological polar surface area (TPSA) is 46.2 Å². The van der Waals surface area contributed by atoms with Gasteiger partial charge in [0.1, 0.15) is 0 Å². The smallest absolute Gasteiger partial charge is 0.0835 e. The molecule has 0 saturated heterocycles. The van der Waals surface area contributed by atoms with Crippen molar-refractivity contribution in [2.45, 2.75) is 45.1 Å². The van der Waals surface area contributed by atoms with Crippen LogP contribution in [0, 0.1) is 0 Å². The fourth-order valence-electron chi connectivity index (χ4n) is 1.95. The van der Waals surface area contributed by atoms with Crippen LogP contribution < -0.4 is 5.73 Å². The highest BCUT2D eigenvalue weighted by molar-refractivity contribution is 14.1. The Morgan fingerprint density at radius 3 is 2.63 bits per heavy atom. The predicted octanol–water partition coefficient (Wildman–Crippen LogP) is 3.90. The molecule has 0 aliphatic heterocycles. The number of nitrogens with two attached hydrogens (primary N) is 1. The number of aryl methyl sites for hydroxylation is 1. The molecule has 0 atom stereocenters. The zero-order valence-electron chi connectivity index (χ0n) is 11.8. The summed E-state index contributed by atoms with van der Waals surface area (Å²) < 4.78 is 1.11. The second kappa shape index (κ2) is 8.02. The molecule has 0 bridgehead atoms. The third-order valence-electron chi connectivity index (χ3n) is 3.49. The molecule has 3 heteroatoms. The maximum absolute atomic E-state index is 10.4. The van der Waals surface area contributed by atoms with Crippen LogP contribution in [-0.2, 0) is 6.42 Å². The summed E-state index contributed by atoms with van der Waals surface area (Å²) in [6.45, 7) is 4.76. The molecule has 1 rings (SSSR count). The van der Waals surface area contributed by atoms with Gasteiger partial charge in [0.05, 0.1) is 5.60 Å². The Morgan fingerprint density at radius 2 is 2.05 bits per heavy atom. The van der Waals surface area contributed by atoms with Gasteiger partial charge in [-0.05, 0) is 72.0 Å². The van der Waals surface area contributed by atoms with E-state index in [0.717, 1.165) is 35.8 Å². The lowest BCUT2D eigenvalue weighted by atomic mass is 9.95. The normalized spacial score (nSPS) is 12.8. The molecule has 2 nitrogen and oxygen atoms in total. The Balaban J connectivity index is 2.93. The van der Waals surface area contributed by atoms with E-state index in [9.17, 15) is 5.11 Å². The first-order valence-electron chi connectivity index (χ1n) is 6.94. The van der Waals surface area contributed by atoms with Crippen LogP contribution in [0.5, 0.6) is 0 Å². The lowest BCUT2D eigenvalue weighted by Crippen LogP contribution is -2.23. The summed E-state index contributed by atoms with van der Waals surface area (Å²) in [5.74, 6) is 0. The zero-order chi connectivity index (χ0) is 14.3. The highest BCUT2D eigenvalue weighted by Gasteiger charge is 2.19. The quantitative estimate of drug-likeness (QED) is 0.712. The molecular formula is C16H24INO. The minimum absolute atomic E-state index is 0.691. The van der Waals surface area contributed by atoms with Gasteiger partial charge in [0, 0.05) is 3.58 Å². The van der Waals surface area contributed by atoms with Crippen molar-refractivity contribution >= 4 is 26.2 Å². The van der Waals surface area contributed by atoms with Crippen molar-refractivity contribution < 1.29 is 5.11 Å². The van der Waals surface area contributed by atoms with Gasteiger partial charge < -0.3 is 10.8 Å². The monoisotopic (exact) mass is 373 g/mol. The van der Waals surface area contributed by atoms with Crippen molar-refractivity contribution in [3.8, 4) is 0 Å². The Labute approximate surface area is 130 Å². The average molecular weight is 373 g/mol. The van der Waals surface area contributed by atoms with Gasteiger partial charge in [-0.1, -0.05) is 38.1 Å². The van der Waals surface area contributed by atoms with E-state index < -0.39 is 5.60 Å². The van der Waals surface area contributed by atoms with Crippen LogP contribution in [0.15, 0.2) is 30.3 Å². The van der Waals surface area contributed by atoms with Gasteiger partial charge in [-0.15, -0.1) is 0 Å². The molecule has 0 unspecified atom stereocenters. The van der Waals surface area contributed by atoms with E-state index >= 15 is 0 Å². The number of hydrogen-bond donors (Lipinski definition) is 2.